The number of nitrogens with zero attached hydrogens (tertiary/aromatic N) is 1. The largest absolute Gasteiger partial charge is 0.444 e. The molecule has 0 bridgehead atoms. The fourth-order valence-electron chi connectivity index (χ4n) is 2.53. The lowest BCUT2D eigenvalue weighted by Crippen LogP contribution is -2.50. The van der Waals surface area contributed by atoms with Gasteiger partial charge in [0.1, 0.15) is 11.9 Å². The van der Waals surface area contributed by atoms with E-state index < -0.39 is 11.7 Å². The Bertz CT molecular complexity index is 429. The van der Waals surface area contributed by atoms with Crippen LogP contribution in [0.2, 0.25) is 0 Å². The summed E-state index contributed by atoms with van der Waals surface area (Å²) < 4.78 is 5.35. The molecule has 23 heavy (non-hydrogen) atoms. The van der Waals surface area contributed by atoms with Crippen molar-refractivity contribution in [3.05, 3.63) is 0 Å². The molecule has 1 N–H and O–H groups in total. The van der Waals surface area contributed by atoms with Crippen LogP contribution < -0.4 is 5.32 Å². The summed E-state index contributed by atoms with van der Waals surface area (Å²) in [6.45, 7) is 10.8. The van der Waals surface area contributed by atoms with Crippen LogP contribution in [0.25, 0.3) is 0 Å². The van der Waals surface area contributed by atoms with Crippen LogP contribution in [0.5, 0.6) is 0 Å². The number of rotatable bonds is 5. The summed E-state index contributed by atoms with van der Waals surface area (Å²) in [7, 11) is 0. The van der Waals surface area contributed by atoms with E-state index in [9.17, 15) is 14.4 Å². The van der Waals surface area contributed by atoms with Crippen LogP contribution in [0, 0.1) is 17.8 Å². The first-order valence-corrected chi connectivity index (χ1v) is 8.33. The van der Waals surface area contributed by atoms with E-state index in [1.807, 2.05) is 0 Å². The highest BCUT2D eigenvalue weighted by atomic mass is 16.6. The molecule has 0 radical (unpaired) electrons. The second-order valence-electron chi connectivity index (χ2n) is 7.69. The van der Waals surface area contributed by atoms with E-state index in [2.05, 4.69) is 19.2 Å². The van der Waals surface area contributed by atoms with E-state index in [4.69, 9.17) is 4.74 Å². The average Bonchev–Trinajstić information content (AvgIpc) is 2.44. The summed E-state index contributed by atoms with van der Waals surface area (Å²) in [6.07, 6.45) is 1.75. The van der Waals surface area contributed by atoms with Crippen molar-refractivity contribution in [1.29, 1.82) is 0 Å². The second-order valence-corrected chi connectivity index (χ2v) is 7.69. The van der Waals surface area contributed by atoms with Gasteiger partial charge in [-0.15, -0.1) is 0 Å². The highest BCUT2D eigenvalue weighted by molar-refractivity contribution is 5.80. The van der Waals surface area contributed by atoms with Crippen molar-refractivity contribution >= 4 is 18.3 Å². The highest BCUT2D eigenvalue weighted by Crippen LogP contribution is 2.23. The van der Waals surface area contributed by atoms with E-state index in [1.165, 1.54) is 4.90 Å². The molecule has 1 aliphatic rings. The fourth-order valence-corrected chi connectivity index (χ4v) is 2.53. The zero-order valence-electron chi connectivity index (χ0n) is 14.9. The summed E-state index contributed by atoms with van der Waals surface area (Å²) in [5, 5.41) is 2.90. The van der Waals surface area contributed by atoms with E-state index in [0.29, 0.717) is 32.0 Å². The molecule has 1 fully saturated rings. The molecule has 0 spiro atoms. The Morgan fingerprint density at radius 2 is 1.96 bits per heavy atom. The number of likely N-dealkylation sites (tertiary alicyclic amines) is 1. The number of hydrogen-bond donors (Lipinski definition) is 1. The molecule has 6 nitrogen and oxygen atoms in total. The van der Waals surface area contributed by atoms with Gasteiger partial charge in [0.25, 0.3) is 0 Å². The smallest absolute Gasteiger partial charge is 0.410 e. The second kappa shape index (κ2) is 8.31. The summed E-state index contributed by atoms with van der Waals surface area (Å²) in [6, 6.07) is 0. The third-order valence-electron chi connectivity index (χ3n) is 3.72. The van der Waals surface area contributed by atoms with Gasteiger partial charge in [0.2, 0.25) is 5.91 Å². The quantitative estimate of drug-likeness (QED) is 0.786. The summed E-state index contributed by atoms with van der Waals surface area (Å²) in [5.41, 5.74) is -0.597. The molecule has 0 unspecified atom stereocenters. The lowest BCUT2D eigenvalue weighted by molar-refractivity contribution is -0.128. The van der Waals surface area contributed by atoms with Crippen molar-refractivity contribution in [1.82, 2.24) is 10.2 Å². The molecule has 2 amide bonds. The summed E-state index contributed by atoms with van der Waals surface area (Å²) in [4.78, 5) is 37.1. The van der Waals surface area contributed by atoms with Gasteiger partial charge in [-0.1, -0.05) is 13.8 Å². The zero-order valence-corrected chi connectivity index (χ0v) is 14.9. The minimum Gasteiger partial charge on any atom is -0.444 e. The highest BCUT2D eigenvalue weighted by Gasteiger charge is 2.35. The minimum absolute atomic E-state index is 0.0919. The van der Waals surface area contributed by atoms with E-state index in [0.717, 1.165) is 12.7 Å². The molecule has 0 aliphatic carbocycles. The summed E-state index contributed by atoms with van der Waals surface area (Å²) >= 11 is 0. The van der Waals surface area contributed by atoms with E-state index in [1.54, 1.807) is 20.8 Å². The van der Waals surface area contributed by atoms with E-state index >= 15 is 0 Å². The van der Waals surface area contributed by atoms with Gasteiger partial charge in [-0.2, -0.15) is 0 Å². The number of nitrogens with one attached hydrogen (secondary N) is 1. The van der Waals surface area contributed by atoms with Crippen LogP contribution in [0.4, 0.5) is 4.79 Å². The Balaban J connectivity index is 2.64. The third kappa shape index (κ3) is 7.01. The first kappa shape index (κ1) is 19.5. The maximum Gasteiger partial charge on any atom is 0.410 e. The van der Waals surface area contributed by atoms with Crippen LogP contribution in [-0.4, -0.2) is 48.4 Å². The normalized spacial score (nSPS) is 21.9. The van der Waals surface area contributed by atoms with Gasteiger partial charge in [0.15, 0.2) is 0 Å². The number of ether oxygens (including phenoxy) is 1. The number of aldehydes is 1. The number of hydrogen-bond acceptors (Lipinski definition) is 4. The molecule has 0 aromatic carbocycles. The van der Waals surface area contributed by atoms with Crippen molar-refractivity contribution in [2.24, 2.45) is 17.8 Å². The van der Waals surface area contributed by atoms with Crippen molar-refractivity contribution in [3.63, 3.8) is 0 Å². The zero-order chi connectivity index (χ0) is 17.6. The van der Waals surface area contributed by atoms with Gasteiger partial charge in [0, 0.05) is 25.6 Å². The van der Waals surface area contributed by atoms with Gasteiger partial charge in [-0.05, 0) is 39.5 Å². The Hall–Kier alpha value is -1.59. The maximum atomic E-state index is 12.3. The van der Waals surface area contributed by atoms with Gasteiger partial charge >= 0.3 is 6.09 Å². The lowest BCUT2D eigenvalue weighted by atomic mass is 9.89. The van der Waals surface area contributed by atoms with Crippen LogP contribution >= 0.6 is 0 Å². The number of amides is 2. The SMILES string of the molecule is CC(C)CCNC(=O)[C@H]1C[C@H](C=O)CN(C(=O)OC(C)(C)C)C1. The molecule has 1 heterocycles. The fraction of sp³-hybridized carbons (Fsp3) is 0.824. The van der Waals surface area contributed by atoms with Crippen LogP contribution in [0.15, 0.2) is 0 Å². The Morgan fingerprint density at radius 1 is 1.30 bits per heavy atom. The minimum atomic E-state index is -0.597. The maximum absolute atomic E-state index is 12.3. The van der Waals surface area contributed by atoms with Crippen LogP contribution in [0.1, 0.15) is 47.5 Å². The monoisotopic (exact) mass is 326 g/mol. The van der Waals surface area contributed by atoms with Crippen LogP contribution in [-0.2, 0) is 14.3 Å². The number of piperidine rings is 1. The molecule has 0 saturated carbocycles. The number of carbonyl (C=O) groups is 3. The predicted molar refractivity (Wildman–Crippen MR) is 87.9 cm³/mol. The van der Waals surface area contributed by atoms with Gasteiger partial charge in [0.05, 0.1) is 5.92 Å². The molecule has 1 rings (SSSR count). The van der Waals surface area contributed by atoms with E-state index in [-0.39, 0.29) is 17.7 Å². The third-order valence-corrected chi connectivity index (χ3v) is 3.72. The Morgan fingerprint density at radius 3 is 2.48 bits per heavy atom. The molecule has 2 atom stereocenters. The lowest BCUT2D eigenvalue weighted by Gasteiger charge is -2.36. The molecule has 132 valence electrons. The first-order chi connectivity index (χ1) is 10.6. The van der Waals surface area contributed by atoms with Crippen molar-refractivity contribution < 1.29 is 19.1 Å². The summed E-state index contributed by atoms with van der Waals surface area (Å²) in [5.74, 6) is -0.260. The van der Waals surface area contributed by atoms with Gasteiger partial charge < -0.3 is 19.7 Å². The molecule has 0 aromatic rings. The Kier molecular flexibility index (Phi) is 7.03. The standard InChI is InChI=1S/C17H30N2O4/c1-12(2)6-7-18-15(21)14-8-13(11-20)9-19(10-14)16(22)23-17(3,4)5/h11-14H,6-10H2,1-5H3,(H,18,21)/t13-,14-/m0/s1. The molecular weight excluding hydrogens is 296 g/mol. The number of carbonyl (C=O) groups excluding carboxylic acids is 3. The van der Waals surface area contributed by atoms with Crippen molar-refractivity contribution in [2.45, 2.75) is 53.1 Å². The van der Waals surface area contributed by atoms with Gasteiger partial charge in [-0.25, -0.2) is 4.79 Å². The first-order valence-electron chi connectivity index (χ1n) is 8.33. The molecule has 0 aromatic heterocycles. The molecule has 6 heteroatoms. The molecular formula is C17H30N2O4. The topological polar surface area (TPSA) is 75.7 Å². The van der Waals surface area contributed by atoms with Crippen LogP contribution in [0.3, 0.4) is 0 Å². The van der Waals surface area contributed by atoms with Crippen molar-refractivity contribution in [3.8, 4) is 0 Å². The predicted octanol–water partition coefficient (Wildman–Crippen LogP) is 2.22. The molecule has 1 saturated heterocycles. The average molecular weight is 326 g/mol. The van der Waals surface area contributed by atoms with Crippen molar-refractivity contribution in [2.75, 3.05) is 19.6 Å². The molecule has 1 aliphatic heterocycles. The Labute approximate surface area is 138 Å². The van der Waals surface area contributed by atoms with Gasteiger partial charge in [-0.3, -0.25) is 4.79 Å².